The second-order valence-electron chi connectivity index (χ2n) is 3.02. The van der Waals surface area contributed by atoms with Crippen molar-refractivity contribution in [3.05, 3.63) is 29.3 Å². The van der Waals surface area contributed by atoms with Gasteiger partial charge in [0.2, 0.25) is 0 Å². The molecule has 0 aliphatic heterocycles. The molecular formula is C11H10F2O4. The van der Waals surface area contributed by atoms with Crippen LogP contribution in [0, 0.1) is 11.6 Å². The normalized spacial score (nSPS) is 9.88. The minimum absolute atomic E-state index is 0.0291. The van der Waals surface area contributed by atoms with E-state index in [1.807, 2.05) is 0 Å². The standard InChI is InChI=1S/C11H10F2O4/c1-3-17-11(15)10(14)7-4-6(12)5-8(16-2)9(7)13/h4-5H,3H2,1-2H3. The number of ether oxygens (including phenoxy) is 2. The van der Waals surface area contributed by atoms with Crippen LogP contribution in [0.1, 0.15) is 17.3 Å². The summed E-state index contributed by atoms with van der Waals surface area (Å²) >= 11 is 0. The summed E-state index contributed by atoms with van der Waals surface area (Å²) < 4.78 is 35.6. The van der Waals surface area contributed by atoms with Crippen LogP contribution in [-0.4, -0.2) is 25.5 Å². The minimum Gasteiger partial charge on any atom is -0.494 e. The third-order valence-corrected chi connectivity index (χ3v) is 1.93. The van der Waals surface area contributed by atoms with Crippen molar-refractivity contribution in [3.8, 4) is 5.75 Å². The van der Waals surface area contributed by atoms with E-state index < -0.39 is 34.7 Å². The van der Waals surface area contributed by atoms with E-state index in [0.29, 0.717) is 6.07 Å². The Bertz CT molecular complexity index is 457. The maximum Gasteiger partial charge on any atom is 0.379 e. The van der Waals surface area contributed by atoms with E-state index in [9.17, 15) is 18.4 Å². The van der Waals surface area contributed by atoms with Crippen LogP contribution in [0.3, 0.4) is 0 Å². The van der Waals surface area contributed by atoms with Gasteiger partial charge in [0.25, 0.3) is 5.78 Å². The number of carbonyl (C=O) groups is 2. The van der Waals surface area contributed by atoms with Crippen molar-refractivity contribution in [1.82, 2.24) is 0 Å². The molecule has 0 saturated heterocycles. The van der Waals surface area contributed by atoms with Crippen LogP contribution in [0.15, 0.2) is 12.1 Å². The summed E-state index contributed by atoms with van der Waals surface area (Å²) in [5.41, 5.74) is -0.708. The molecule has 6 heteroatoms. The summed E-state index contributed by atoms with van der Waals surface area (Å²) in [4.78, 5) is 22.5. The van der Waals surface area contributed by atoms with Crippen molar-refractivity contribution < 1.29 is 27.8 Å². The first-order valence-electron chi connectivity index (χ1n) is 4.75. The molecule has 0 N–H and O–H groups in total. The third-order valence-electron chi connectivity index (χ3n) is 1.93. The average Bonchev–Trinajstić information content (AvgIpc) is 2.31. The molecule has 0 unspecified atom stereocenters. The number of Topliss-reactive ketones (excluding diaryl/α,β-unsaturated/α-hetero) is 1. The van der Waals surface area contributed by atoms with Crippen molar-refractivity contribution in [1.29, 1.82) is 0 Å². The summed E-state index contributed by atoms with van der Waals surface area (Å²) in [7, 11) is 1.12. The van der Waals surface area contributed by atoms with Gasteiger partial charge < -0.3 is 9.47 Å². The predicted molar refractivity (Wildman–Crippen MR) is 53.9 cm³/mol. The number of hydrogen-bond acceptors (Lipinski definition) is 4. The van der Waals surface area contributed by atoms with E-state index in [2.05, 4.69) is 9.47 Å². The number of hydrogen-bond donors (Lipinski definition) is 0. The van der Waals surface area contributed by atoms with Crippen LogP contribution in [-0.2, 0) is 9.53 Å². The quantitative estimate of drug-likeness (QED) is 0.459. The van der Waals surface area contributed by atoms with Gasteiger partial charge in [-0.05, 0) is 13.0 Å². The zero-order valence-corrected chi connectivity index (χ0v) is 9.25. The summed E-state index contributed by atoms with van der Waals surface area (Å²) in [6.07, 6.45) is 0. The van der Waals surface area contributed by atoms with Crippen LogP contribution in [0.2, 0.25) is 0 Å². The van der Waals surface area contributed by atoms with Gasteiger partial charge in [-0.1, -0.05) is 0 Å². The van der Waals surface area contributed by atoms with Crippen LogP contribution >= 0.6 is 0 Å². The molecule has 0 radical (unpaired) electrons. The van der Waals surface area contributed by atoms with Gasteiger partial charge in [-0.15, -0.1) is 0 Å². The second kappa shape index (κ2) is 5.38. The Hall–Kier alpha value is -1.98. The Labute approximate surface area is 96.1 Å². The highest BCUT2D eigenvalue weighted by molar-refractivity contribution is 6.40. The summed E-state index contributed by atoms with van der Waals surface area (Å²) in [6, 6.07) is 1.40. The minimum atomic E-state index is -1.25. The molecule has 92 valence electrons. The second-order valence-corrected chi connectivity index (χ2v) is 3.02. The molecule has 0 spiro atoms. The van der Waals surface area contributed by atoms with Gasteiger partial charge in [0.05, 0.1) is 19.3 Å². The molecule has 0 aliphatic carbocycles. The Balaban J connectivity index is 3.17. The molecule has 1 aromatic carbocycles. The lowest BCUT2D eigenvalue weighted by Crippen LogP contribution is -2.19. The van der Waals surface area contributed by atoms with Crippen LogP contribution in [0.5, 0.6) is 5.75 Å². The van der Waals surface area contributed by atoms with Gasteiger partial charge in [-0.2, -0.15) is 0 Å². The SMILES string of the molecule is CCOC(=O)C(=O)c1cc(F)cc(OC)c1F. The number of esters is 1. The zero-order chi connectivity index (χ0) is 13.0. The molecule has 0 amide bonds. The molecule has 1 rings (SSSR count). The smallest absolute Gasteiger partial charge is 0.379 e. The van der Waals surface area contributed by atoms with Gasteiger partial charge in [-0.25, -0.2) is 13.6 Å². The maximum absolute atomic E-state index is 13.6. The van der Waals surface area contributed by atoms with Crippen molar-refractivity contribution in [2.75, 3.05) is 13.7 Å². The fourth-order valence-electron chi connectivity index (χ4n) is 1.18. The predicted octanol–water partition coefficient (Wildman–Crippen LogP) is 1.72. The van der Waals surface area contributed by atoms with Gasteiger partial charge >= 0.3 is 5.97 Å². The van der Waals surface area contributed by atoms with E-state index in [4.69, 9.17) is 0 Å². The Kier molecular flexibility index (Phi) is 4.14. The molecular weight excluding hydrogens is 234 g/mol. The van der Waals surface area contributed by atoms with Crippen molar-refractivity contribution in [2.24, 2.45) is 0 Å². The molecule has 0 aromatic heterocycles. The van der Waals surface area contributed by atoms with E-state index in [1.54, 1.807) is 0 Å². The molecule has 17 heavy (non-hydrogen) atoms. The Morgan fingerprint density at radius 2 is 1.94 bits per heavy atom. The van der Waals surface area contributed by atoms with Crippen LogP contribution in [0.4, 0.5) is 8.78 Å². The average molecular weight is 244 g/mol. The molecule has 4 nitrogen and oxygen atoms in total. The Morgan fingerprint density at radius 3 is 2.47 bits per heavy atom. The Morgan fingerprint density at radius 1 is 1.29 bits per heavy atom. The van der Waals surface area contributed by atoms with E-state index in [1.165, 1.54) is 6.92 Å². The molecule has 0 atom stereocenters. The zero-order valence-electron chi connectivity index (χ0n) is 9.25. The number of carbonyl (C=O) groups excluding carboxylic acids is 2. The highest BCUT2D eigenvalue weighted by atomic mass is 19.1. The van der Waals surface area contributed by atoms with Gasteiger partial charge in [0.1, 0.15) is 5.82 Å². The number of rotatable bonds is 4. The largest absolute Gasteiger partial charge is 0.494 e. The van der Waals surface area contributed by atoms with Crippen LogP contribution < -0.4 is 4.74 Å². The first-order chi connectivity index (χ1) is 8.01. The fourth-order valence-corrected chi connectivity index (χ4v) is 1.18. The van der Waals surface area contributed by atoms with E-state index in [-0.39, 0.29) is 6.61 Å². The van der Waals surface area contributed by atoms with E-state index in [0.717, 1.165) is 13.2 Å². The molecule has 0 fully saturated rings. The molecule has 1 aromatic rings. The lowest BCUT2D eigenvalue weighted by Gasteiger charge is -2.06. The monoisotopic (exact) mass is 244 g/mol. The lowest BCUT2D eigenvalue weighted by atomic mass is 10.1. The maximum atomic E-state index is 13.6. The molecule has 0 heterocycles. The van der Waals surface area contributed by atoms with Crippen molar-refractivity contribution >= 4 is 11.8 Å². The van der Waals surface area contributed by atoms with Gasteiger partial charge in [-0.3, -0.25) is 4.79 Å². The molecule has 0 aliphatic rings. The summed E-state index contributed by atoms with van der Waals surface area (Å²) in [5, 5.41) is 0. The molecule has 0 bridgehead atoms. The number of ketones is 1. The first kappa shape index (κ1) is 13.1. The highest BCUT2D eigenvalue weighted by Crippen LogP contribution is 2.22. The summed E-state index contributed by atoms with van der Waals surface area (Å²) in [6.45, 7) is 1.46. The van der Waals surface area contributed by atoms with E-state index >= 15 is 0 Å². The number of halogens is 2. The van der Waals surface area contributed by atoms with Crippen molar-refractivity contribution in [2.45, 2.75) is 6.92 Å². The van der Waals surface area contributed by atoms with Crippen LogP contribution in [0.25, 0.3) is 0 Å². The lowest BCUT2D eigenvalue weighted by molar-refractivity contribution is -0.137. The fraction of sp³-hybridized carbons (Fsp3) is 0.273. The van der Waals surface area contributed by atoms with Gasteiger partial charge in [0, 0.05) is 6.07 Å². The van der Waals surface area contributed by atoms with Crippen molar-refractivity contribution in [3.63, 3.8) is 0 Å². The molecule has 0 saturated carbocycles. The van der Waals surface area contributed by atoms with Gasteiger partial charge in [0.15, 0.2) is 11.6 Å². The summed E-state index contributed by atoms with van der Waals surface area (Å²) in [5.74, 6) is -4.90. The topological polar surface area (TPSA) is 52.6 Å². The first-order valence-corrected chi connectivity index (χ1v) is 4.75. The highest BCUT2D eigenvalue weighted by Gasteiger charge is 2.24. The number of methoxy groups -OCH3 is 1. The third kappa shape index (κ3) is 2.77. The number of benzene rings is 1.